The summed E-state index contributed by atoms with van der Waals surface area (Å²) < 4.78 is 22.9. The number of carbonyl (C=O) groups is 2. The molecule has 7 nitrogen and oxygen atoms in total. The van der Waals surface area contributed by atoms with Crippen molar-refractivity contribution in [1.29, 1.82) is 0 Å². The molecule has 2 rings (SSSR count). The third kappa shape index (κ3) is 1.26. The van der Waals surface area contributed by atoms with Gasteiger partial charge in [0, 0.05) is 0 Å². The Morgan fingerprint density at radius 2 is 2.11 bits per heavy atom. The number of thiocarbonyl (C=S) groups is 1. The van der Waals surface area contributed by atoms with Crippen LogP contribution in [0.15, 0.2) is 4.99 Å². The smallest absolute Gasteiger partial charge is 0.328 e. The Morgan fingerprint density at radius 1 is 1.56 bits per heavy atom. The number of aliphatic imine (C=N–C) groups is 1. The van der Waals surface area contributed by atoms with Crippen molar-refractivity contribution in [3.63, 3.8) is 0 Å². The van der Waals surface area contributed by atoms with E-state index in [0.29, 0.717) is 0 Å². The van der Waals surface area contributed by atoms with Crippen LogP contribution in [0.2, 0.25) is 0 Å². The van der Waals surface area contributed by atoms with Crippen LogP contribution in [-0.4, -0.2) is 57.7 Å². The number of hydrogen-bond donors (Lipinski definition) is 1. The average molecular weight is 290 g/mol. The lowest BCUT2D eigenvalue weighted by Crippen LogP contribution is -2.66. The highest BCUT2D eigenvalue weighted by Gasteiger charge is 2.72. The first kappa shape index (κ1) is 13.1. The van der Waals surface area contributed by atoms with Crippen LogP contribution in [0.5, 0.6) is 0 Å². The molecule has 9 heteroatoms. The minimum Gasteiger partial charge on any atom is -0.480 e. The highest BCUT2D eigenvalue weighted by atomic mass is 32.2. The summed E-state index contributed by atoms with van der Waals surface area (Å²) in [6, 6.07) is -2.55. The predicted molar refractivity (Wildman–Crippen MR) is 63.9 cm³/mol. The van der Waals surface area contributed by atoms with E-state index < -0.39 is 43.9 Å². The van der Waals surface area contributed by atoms with Gasteiger partial charge in [-0.25, -0.2) is 18.2 Å². The molecule has 2 fully saturated rings. The lowest BCUT2D eigenvalue weighted by molar-refractivity contribution is -0.158. The Balaban J connectivity index is 2.59. The Bertz CT molecular complexity index is 590. The molecule has 0 aromatic heterocycles. The normalized spacial score (nSPS) is 35.3. The molecular formula is C9H10N2O5S2. The van der Waals surface area contributed by atoms with Crippen molar-refractivity contribution < 1.29 is 23.1 Å². The minimum absolute atomic E-state index is 0.640. The number of nitrogens with zero attached hydrogens (tertiary/aromatic N) is 2. The van der Waals surface area contributed by atoms with E-state index in [-0.39, 0.29) is 0 Å². The molecule has 98 valence electrons. The van der Waals surface area contributed by atoms with Crippen molar-refractivity contribution in [3.05, 3.63) is 0 Å². The number of hydrogen-bond acceptors (Lipinski definition) is 6. The first-order chi connectivity index (χ1) is 8.17. The van der Waals surface area contributed by atoms with Crippen molar-refractivity contribution in [2.75, 3.05) is 0 Å². The first-order valence-electron chi connectivity index (χ1n) is 5.03. The lowest BCUT2D eigenvalue weighted by Gasteiger charge is -2.39. The predicted octanol–water partition coefficient (Wildman–Crippen LogP) is -0.714. The van der Waals surface area contributed by atoms with Crippen LogP contribution in [0.1, 0.15) is 13.8 Å². The molecule has 0 aliphatic carbocycles. The number of carboxylic acids is 1. The summed E-state index contributed by atoms with van der Waals surface area (Å²) in [5, 5.41) is 9.84. The van der Waals surface area contributed by atoms with Gasteiger partial charge in [0.2, 0.25) is 0 Å². The van der Waals surface area contributed by atoms with Crippen LogP contribution in [0.4, 0.5) is 0 Å². The molecule has 2 heterocycles. The second kappa shape index (κ2) is 3.59. The molecule has 0 aromatic rings. The fraction of sp³-hybridized carbons (Fsp3) is 0.667. The molecule has 2 aliphatic rings. The van der Waals surface area contributed by atoms with Crippen LogP contribution in [0.3, 0.4) is 0 Å². The number of isothiocyanates is 1. The number of sulfone groups is 1. The molecule has 1 amide bonds. The summed E-state index contributed by atoms with van der Waals surface area (Å²) >= 11 is 4.36. The molecule has 1 N–H and O–H groups in total. The maximum atomic E-state index is 12.2. The second-order valence-electron chi connectivity index (χ2n) is 4.69. The number of amides is 1. The van der Waals surface area contributed by atoms with Gasteiger partial charge in [-0.15, -0.1) is 0 Å². The highest BCUT2D eigenvalue weighted by molar-refractivity contribution is 7.94. The number of carbonyl (C=O) groups excluding carboxylic acids is 1. The molecule has 18 heavy (non-hydrogen) atoms. The zero-order valence-corrected chi connectivity index (χ0v) is 11.2. The molecule has 0 saturated carbocycles. The molecule has 2 saturated heterocycles. The molecular weight excluding hydrogens is 280 g/mol. The summed E-state index contributed by atoms with van der Waals surface area (Å²) in [5.41, 5.74) is 0. The van der Waals surface area contributed by atoms with Gasteiger partial charge in [-0.2, -0.15) is 0 Å². The maximum absolute atomic E-state index is 12.2. The number of aliphatic carboxylic acids is 1. The molecule has 2 aliphatic heterocycles. The summed E-state index contributed by atoms with van der Waals surface area (Å²) in [6.45, 7) is 2.59. The minimum atomic E-state index is -3.82. The van der Waals surface area contributed by atoms with E-state index in [9.17, 15) is 18.0 Å². The van der Waals surface area contributed by atoms with Gasteiger partial charge in [-0.3, -0.25) is 4.79 Å². The van der Waals surface area contributed by atoms with Crippen LogP contribution in [0, 0.1) is 0 Å². The Kier molecular flexibility index (Phi) is 2.62. The van der Waals surface area contributed by atoms with E-state index in [4.69, 9.17) is 5.11 Å². The summed E-state index contributed by atoms with van der Waals surface area (Å²) in [7, 11) is -3.82. The monoisotopic (exact) mass is 290 g/mol. The number of fused-ring (bicyclic) bond motifs is 1. The van der Waals surface area contributed by atoms with Gasteiger partial charge >= 0.3 is 5.97 Å². The lowest BCUT2D eigenvalue weighted by atomic mass is 9.96. The Morgan fingerprint density at radius 3 is 2.56 bits per heavy atom. The van der Waals surface area contributed by atoms with Gasteiger partial charge in [0.15, 0.2) is 21.3 Å². The number of rotatable bonds is 2. The zero-order valence-electron chi connectivity index (χ0n) is 9.52. The van der Waals surface area contributed by atoms with E-state index in [0.717, 1.165) is 4.90 Å². The van der Waals surface area contributed by atoms with E-state index in [1.807, 2.05) is 5.16 Å². The summed E-state index contributed by atoms with van der Waals surface area (Å²) in [5.74, 6) is -1.98. The standard InChI is InChI=1S/C9H10N2O5S2/c1-9(2)5(8(13)14)11-6(12)4(10-3-17)7(11)18(9,15)16/h4-5,7H,1-2H3,(H,13,14)/t4-,5+,7-/m1/s1. The summed E-state index contributed by atoms with van der Waals surface area (Å²) in [6.07, 6.45) is 0. The Labute approximate surface area is 108 Å². The average Bonchev–Trinajstić information content (AvgIpc) is 2.38. The molecule has 0 aromatic carbocycles. The fourth-order valence-corrected chi connectivity index (χ4v) is 4.76. The molecule has 0 spiro atoms. The quantitative estimate of drug-likeness (QED) is 0.409. The van der Waals surface area contributed by atoms with E-state index >= 15 is 0 Å². The van der Waals surface area contributed by atoms with Crippen molar-refractivity contribution in [3.8, 4) is 0 Å². The number of β-lactam (4-membered cyclic amide) rings is 1. The third-order valence-corrected chi connectivity index (χ3v) is 6.38. The fourth-order valence-electron chi connectivity index (χ4n) is 2.46. The Hall–Kier alpha value is -1.31. The van der Waals surface area contributed by atoms with Crippen molar-refractivity contribution in [2.24, 2.45) is 4.99 Å². The van der Waals surface area contributed by atoms with Gasteiger partial charge in [-0.05, 0) is 26.1 Å². The van der Waals surface area contributed by atoms with Gasteiger partial charge in [0.05, 0.1) is 5.16 Å². The van der Waals surface area contributed by atoms with Crippen LogP contribution in [0.25, 0.3) is 0 Å². The SMILES string of the molecule is CC1(C)[C@H](C(=O)O)N2C(=O)[C@@H](N=C=S)[C@H]2S1(=O)=O. The third-order valence-electron chi connectivity index (χ3n) is 3.47. The van der Waals surface area contributed by atoms with Crippen molar-refractivity contribution >= 4 is 39.1 Å². The van der Waals surface area contributed by atoms with Gasteiger partial charge < -0.3 is 10.0 Å². The van der Waals surface area contributed by atoms with Gasteiger partial charge in [0.25, 0.3) is 5.91 Å². The molecule has 0 bridgehead atoms. The number of carboxylic acid groups (broad SMARTS) is 1. The second-order valence-corrected chi connectivity index (χ2v) is 7.50. The van der Waals surface area contributed by atoms with E-state index in [1.54, 1.807) is 0 Å². The first-order valence-corrected chi connectivity index (χ1v) is 6.98. The van der Waals surface area contributed by atoms with Crippen LogP contribution >= 0.6 is 12.2 Å². The highest BCUT2D eigenvalue weighted by Crippen LogP contribution is 2.46. The van der Waals surface area contributed by atoms with Gasteiger partial charge in [0.1, 0.15) is 10.8 Å². The summed E-state index contributed by atoms with van der Waals surface area (Å²) in [4.78, 5) is 27.3. The molecule has 0 unspecified atom stereocenters. The van der Waals surface area contributed by atoms with Crippen molar-refractivity contribution in [2.45, 2.75) is 36.1 Å². The molecule has 0 radical (unpaired) electrons. The topological polar surface area (TPSA) is 104 Å². The van der Waals surface area contributed by atoms with Crippen molar-refractivity contribution in [1.82, 2.24) is 4.90 Å². The largest absolute Gasteiger partial charge is 0.480 e. The van der Waals surface area contributed by atoms with Crippen LogP contribution < -0.4 is 0 Å². The molecule has 3 atom stereocenters. The van der Waals surface area contributed by atoms with Gasteiger partial charge in [-0.1, -0.05) is 0 Å². The van der Waals surface area contributed by atoms with Crippen LogP contribution in [-0.2, 0) is 19.4 Å². The van der Waals surface area contributed by atoms with E-state index in [2.05, 4.69) is 17.2 Å². The maximum Gasteiger partial charge on any atom is 0.328 e. The zero-order chi connectivity index (χ0) is 13.9. The van der Waals surface area contributed by atoms with E-state index in [1.165, 1.54) is 13.8 Å².